The average molecular weight is 289 g/mol. The second-order valence-corrected chi connectivity index (χ2v) is 5.06. The van der Waals surface area contributed by atoms with Crippen LogP contribution in [0.25, 0.3) is 0 Å². The Balaban J connectivity index is 2.37. The van der Waals surface area contributed by atoms with Crippen molar-refractivity contribution < 1.29 is 9.13 Å². The van der Waals surface area contributed by atoms with Crippen molar-refractivity contribution in [2.45, 2.75) is 18.8 Å². The smallest absolute Gasteiger partial charge is 0.129 e. The molecule has 16 heavy (non-hydrogen) atoms. The molecule has 2 atom stereocenters. The van der Waals surface area contributed by atoms with Crippen molar-refractivity contribution in [1.82, 2.24) is 5.32 Å². The molecular formula is C11H14BrFN2O. The molecule has 0 aliphatic carbocycles. The number of nitrogens with one attached hydrogen (secondary N) is 1. The lowest BCUT2D eigenvalue weighted by Crippen LogP contribution is -2.53. The van der Waals surface area contributed by atoms with Gasteiger partial charge in [-0.2, -0.15) is 0 Å². The van der Waals surface area contributed by atoms with Gasteiger partial charge in [-0.05, 0) is 25.1 Å². The number of hydrogen-bond acceptors (Lipinski definition) is 3. The van der Waals surface area contributed by atoms with Gasteiger partial charge in [-0.1, -0.05) is 15.9 Å². The van der Waals surface area contributed by atoms with Crippen molar-refractivity contribution in [3.63, 3.8) is 0 Å². The van der Waals surface area contributed by atoms with Crippen LogP contribution in [0.4, 0.5) is 4.39 Å². The number of halogens is 2. The van der Waals surface area contributed by atoms with Gasteiger partial charge in [-0.3, -0.25) is 0 Å². The van der Waals surface area contributed by atoms with Crippen LogP contribution >= 0.6 is 15.9 Å². The van der Waals surface area contributed by atoms with Gasteiger partial charge in [0, 0.05) is 23.1 Å². The lowest BCUT2D eigenvalue weighted by atomic mass is 9.94. The summed E-state index contributed by atoms with van der Waals surface area (Å²) in [6, 6.07) is 4.82. The Hall–Kier alpha value is -0.490. The third-order valence-electron chi connectivity index (χ3n) is 2.72. The van der Waals surface area contributed by atoms with E-state index < -0.39 is 11.8 Å². The van der Waals surface area contributed by atoms with Crippen LogP contribution in [0, 0.1) is 5.82 Å². The van der Waals surface area contributed by atoms with Crippen LogP contribution in [0.15, 0.2) is 22.7 Å². The van der Waals surface area contributed by atoms with Crippen LogP contribution in [0.3, 0.4) is 0 Å². The highest BCUT2D eigenvalue weighted by atomic mass is 79.9. The summed E-state index contributed by atoms with van der Waals surface area (Å²) in [6.45, 7) is 2.98. The minimum Gasteiger partial charge on any atom is -0.350 e. The topological polar surface area (TPSA) is 47.3 Å². The Bertz CT molecular complexity index is 402. The van der Waals surface area contributed by atoms with Crippen molar-refractivity contribution in [2.24, 2.45) is 5.73 Å². The normalized spacial score (nSPS) is 30.4. The fraction of sp³-hybridized carbons (Fsp3) is 0.455. The number of ether oxygens (including phenoxy) is 1. The summed E-state index contributed by atoms with van der Waals surface area (Å²) in [6.07, 6.45) is -0.405. The highest BCUT2D eigenvalue weighted by Crippen LogP contribution is 2.31. The molecule has 1 unspecified atom stereocenters. The zero-order valence-corrected chi connectivity index (χ0v) is 10.6. The molecule has 1 saturated heterocycles. The van der Waals surface area contributed by atoms with Gasteiger partial charge in [0.1, 0.15) is 17.6 Å². The van der Waals surface area contributed by atoms with Gasteiger partial charge in [0.25, 0.3) is 0 Å². The number of hydrogen-bond donors (Lipinski definition) is 2. The molecular weight excluding hydrogens is 275 g/mol. The monoisotopic (exact) mass is 288 g/mol. The van der Waals surface area contributed by atoms with Crippen LogP contribution in [0.5, 0.6) is 0 Å². The zero-order chi connectivity index (χ0) is 11.8. The van der Waals surface area contributed by atoms with Gasteiger partial charge in [-0.25, -0.2) is 4.39 Å². The molecule has 1 aromatic carbocycles. The molecule has 1 fully saturated rings. The van der Waals surface area contributed by atoms with Crippen molar-refractivity contribution in [1.29, 1.82) is 0 Å². The molecule has 1 heterocycles. The van der Waals surface area contributed by atoms with Crippen LogP contribution in [0.2, 0.25) is 0 Å². The Kier molecular flexibility index (Phi) is 3.30. The predicted octanol–water partition coefficient (Wildman–Crippen LogP) is 1.71. The number of nitrogens with two attached hydrogens (primary N) is 1. The molecule has 2 rings (SSSR count). The molecule has 1 aromatic rings. The first-order chi connectivity index (χ1) is 7.51. The summed E-state index contributed by atoms with van der Waals surface area (Å²) in [5.41, 5.74) is 5.52. The summed E-state index contributed by atoms with van der Waals surface area (Å²) in [5, 5.41) is 3.14. The molecule has 0 spiro atoms. The number of rotatable bonds is 1. The Morgan fingerprint density at radius 2 is 2.38 bits per heavy atom. The Labute approximate surface area is 102 Å². The van der Waals surface area contributed by atoms with E-state index in [4.69, 9.17) is 10.5 Å². The maximum Gasteiger partial charge on any atom is 0.129 e. The molecule has 0 radical (unpaired) electrons. The fourth-order valence-electron chi connectivity index (χ4n) is 1.93. The van der Waals surface area contributed by atoms with Crippen LogP contribution < -0.4 is 11.1 Å². The average Bonchev–Trinajstić information content (AvgIpc) is 2.21. The second kappa shape index (κ2) is 4.41. The SMILES string of the molecule is CC1(c2cc(Br)ccc2F)CNC[C@H](N)O1. The zero-order valence-electron chi connectivity index (χ0n) is 8.97. The third kappa shape index (κ3) is 2.27. The summed E-state index contributed by atoms with van der Waals surface area (Å²) < 4.78 is 20.2. The fourth-order valence-corrected chi connectivity index (χ4v) is 2.29. The minimum atomic E-state index is -0.717. The van der Waals surface area contributed by atoms with Crippen LogP contribution in [-0.2, 0) is 10.3 Å². The van der Waals surface area contributed by atoms with Crippen molar-refractivity contribution >= 4 is 15.9 Å². The van der Waals surface area contributed by atoms with Gasteiger partial charge in [-0.15, -0.1) is 0 Å². The predicted molar refractivity (Wildman–Crippen MR) is 63.4 cm³/mol. The third-order valence-corrected chi connectivity index (χ3v) is 3.21. The van der Waals surface area contributed by atoms with E-state index in [1.807, 2.05) is 6.92 Å². The van der Waals surface area contributed by atoms with Gasteiger partial charge in [0.05, 0.1) is 0 Å². The maximum absolute atomic E-state index is 13.8. The van der Waals surface area contributed by atoms with E-state index in [-0.39, 0.29) is 5.82 Å². The number of morpholine rings is 1. The van der Waals surface area contributed by atoms with Crippen LogP contribution in [0.1, 0.15) is 12.5 Å². The highest BCUT2D eigenvalue weighted by molar-refractivity contribution is 9.10. The first-order valence-corrected chi connectivity index (χ1v) is 5.90. The summed E-state index contributed by atoms with van der Waals surface area (Å²) in [5.74, 6) is -0.276. The number of benzene rings is 1. The molecule has 0 amide bonds. The van der Waals surface area contributed by atoms with E-state index in [9.17, 15) is 4.39 Å². The maximum atomic E-state index is 13.8. The molecule has 3 N–H and O–H groups in total. The molecule has 0 bridgehead atoms. The summed E-state index contributed by atoms with van der Waals surface area (Å²) >= 11 is 3.33. The second-order valence-electron chi connectivity index (χ2n) is 4.14. The lowest BCUT2D eigenvalue weighted by molar-refractivity contribution is -0.109. The molecule has 88 valence electrons. The Morgan fingerprint density at radius 1 is 1.62 bits per heavy atom. The molecule has 3 nitrogen and oxygen atoms in total. The van der Waals surface area contributed by atoms with Gasteiger partial charge in [0.2, 0.25) is 0 Å². The van der Waals surface area contributed by atoms with Gasteiger partial charge >= 0.3 is 0 Å². The van der Waals surface area contributed by atoms with Gasteiger partial charge in [0.15, 0.2) is 0 Å². The van der Waals surface area contributed by atoms with E-state index in [0.717, 1.165) is 4.47 Å². The van der Waals surface area contributed by atoms with E-state index in [0.29, 0.717) is 18.7 Å². The Morgan fingerprint density at radius 3 is 3.06 bits per heavy atom. The van der Waals surface area contributed by atoms with Crippen molar-refractivity contribution in [2.75, 3.05) is 13.1 Å². The van der Waals surface area contributed by atoms with E-state index in [1.54, 1.807) is 12.1 Å². The lowest BCUT2D eigenvalue weighted by Gasteiger charge is -2.38. The van der Waals surface area contributed by atoms with E-state index in [2.05, 4.69) is 21.2 Å². The molecule has 0 saturated carbocycles. The summed E-state index contributed by atoms with van der Waals surface area (Å²) in [4.78, 5) is 0. The highest BCUT2D eigenvalue weighted by Gasteiger charge is 2.35. The first-order valence-electron chi connectivity index (χ1n) is 5.11. The molecule has 0 aromatic heterocycles. The summed E-state index contributed by atoms with van der Waals surface area (Å²) in [7, 11) is 0. The van der Waals surface area contributed by atoms with E-state index >= 15 is 0 Å². The van der Waals surface area contributed by atoms with Crippen LogP contribution in [-0.4, -0.2) is 19.3 Å². The quantitative estimate of drug-likeness (QED) is 0.827. The van der Waals surface area contributed by atoms with Gasteiger partial charge < -0.3 is 15.8 Å². The largest absolute Gasteiger partial charge is 0.350 e. The van der Waals surface area contributed by atoms with E-state index in [1.165, 1.54) is 6.07 Å². The standard InChI is InChI=1S/C11H14BrFN2O/c1-11(6-15-5-10(14)16-11)8-4-7(12)2-3-9(8)13/h2-4,10,15H,5-6,14H2,1H3/t10-,11?/m1/s1. The van der Waals surface area contributed by atoms with Crippen molar-refractivity contribution in [3.05, 3.63) is 34.1 Å². The molecule has 1 aliphatic heterocycles. The van der Waals surface area contributed by atoms with Crippen molar-refractivity contribution in [3.8, 4) is 0 Å². The molecule has 5 heteroatoms. The minimum absolute atomic E-state index is 0.276. The molecule has 1 aliphatic rings. The first kappa shape index (κ1) is 12.0.